The van der Waals surface area contributed by atoms with Gasteiger partial charge in [0.05, 0.1) is 29.2 Å². The maximum Gasteiger partial charge on any atom is 0.221 e. The summed E-state index contributed by atoms with van der Waals surface area (Å²) in [5.74, 6) is -0.220. The number of fused-ring (bicyclic) bond motifs is 1. The lowest BCUT2D eigenvalue weighted by Crippen LogP contribution is -2.12. The molecule has 0 aliphatic carbocycles. The molecule has 1 unspecified atom stereocenters. The Morgan fingerprint density at radius 2 is 2.18 bits per heavy atom. The van der Waals surface area contributed by atoms with E-state index in [0.29, 0.717) is 11.3 Å². The van der Waals surface area contributed by atoms with Gasteiger partial charge in [-0.05, 0) is 24.6 Å². The Morgan fingerprint density at radius 3 is 2.96 bits per heavy atom. The Bertz CT molecular complexity index is 1210. The number of anilines is 1. The topological polar surface area (TPSA) is 112 Å². The van der Waals surface area contributed by atoms with Crippen molar-refractivity contribution in [1.29, 1.82) is 5.26 Å². The lowest BCUT2D eigenvalue weighted by atomic mass is 10.0. The molecule has 1 amide bonds. The summed E-state index contributed by atoms with van der Waals surface area (Å²) >= 11 is 0. The average Bonchev–Trinajstić information content (AvgIpc) is 3.36. The van der Waals surface area contributed by atoms with E-state index in [2.05, 4.69) is 31.4 Å². The number of nitrogens with one attached hydrogen (secondary N) is 2. The van der Waals surface area contributed by atoms with Gasteiger partial charge in [0, 0.05) is 30.3 Å². The van der Waals surface area contributed by atoms with Gasteiger partial charge in [0.15, 0.2) is 0 Å². The second-order valence-corrected chi connectivity index (χ2v) is 6.41. The highest BCUT2D eigenvalue weighted by atomic mass is 16.1. The first-order chi connectivity index (χ1) is 13.6. The van der Waals surface area contributed by atoms with Gasteiger partial charge in [-0.1, -0.05) is 12.1 Å². The lowest BCUT2D eigenvalue weighted by Gasteiger charge is -2.16. The predicted octanol–water partition coefficient (Wildman–Crippen LogP) is 3.26. The molecular formula is C20H17N7O. The molecule has 2 N–H and O–H groups in total. The minimum absolute atomic E-state index is 0.208. The van der Waals surface area contributed by atoms with Crippen LogP contribution < -0.4 is 5.32 Å². The first-order valence-electron chi connectivity index (χ1n) is 8.71. The molecule has 1 aromatic carbocycles. The summed E-state index contributed by atoms with van der Waals surface area (Å²) in [7, 11) is 0. The molecule has 0 fully saturated rings. The van der Waals surface area contributed by atoms with Crippen LogP contribution in [0.2, 0.25) is 0 Å². The van der Waals surface area contributed by atoms with Crippen LogP contribution >= 0.6 is 0 Å². The maximum absolute atomic E-state index is 11.4. The average molecular weight is 371 g/mol. The first kappa shape index (κ1) is 17.4. The van der Waals surface area contributed by atoms with Crippen molar-refractivity contribution in [1.82, 2.24) is 24.7 Å². The molecule has 3 aromatic heterocycles. The van der Waals surface area contributed by atoms with Crippen LogP contribution in [0.25, 0.3) is 22.3 Å². The van der Waals surface area contributed by atoms with E-state index in [9.17, 15) is 10.1 Å². The van der Waals surface area contributed by atoms with Crippen molar-refractivity contribution in [3.05, 3.63) is 60.3 Å². The highest BCUT2D eigenvalue weighted by molar-refractivity contribution is 5.91. The van der Waals surface area contributed by atoms with Gasteiger partial charge in [-0.3, -0.25) is 9.48 Å². The molecule has 4 rings (SSSR count). The number of aromatic amines is 1. The summed E-state index contributed by atoms with van der Waals surface area (Å²) in [6, 6.07) is 9.32. The lowest BCUT2D eigenvalue weighted by molar-refractivity contribution is -0.114. The number of aromatic nitrogens is 5. The normalized spacial score (nSPS) is 11.9. The molecule has 8 heteroatoms. The quantitative estimate of drug-likeness (QED) is 0.572. The molecular weight excluding hydrogens is 354 g/mol. The SMILES string of the molecule is CC(=O)Nc1cccc(C(C)n2cc(-c3ncnc4[nH]ccc34)cn2)c1C#N. The van der Waals surface area contributed by atoms with Crippen LogP contribution in [0.5, 0.6) is 0 Å². The third-order valence-corrected chi connectivity index (χ3v) is 4.60. The van der Waals surface area contributed by atoms with Crippen LogP contribution in [0.3, 0.4) is 0 Å². The molecule has 4 aromatic rings. The van der Waals surface area contributed by atoms with E-state index >= 15 is 0 Å². The highest BCUT2D eigenvalue weighted by Gasteiger charge is 2.18. The summed E-state index contributed by atoms with van der Waals surface area (Å²) in [6.07, 6.45) is 6.98. The standard InChI is InChI=1S/C20H17N7O/c1-12(15-4-3-5-18(17(15)8-21)26-13(2)28)27-10-14(9-25-27)19-16-6-7-22-20(16)24-11-23-19/h3-7,9-12H,1-2H3,(H,26,28)(H,22,23,24). The summed E-state index contributed by atoms with van der Waals surface area (Å²) < 4.78 is 1.78. The minimum Gasteiger partial charge on any atom is -0.346 e. The van der Waals surface area contributed by atoms with E-state index in [4.69, 9.17) is 0 Å². The Labute approximate surface area is 160 Å². The Morgan fingerprint density at radius 1 is 1.32 bits per heavy atom. The van der Waals surface area contributed by atoms with E-state index in [1.807, 2.05) is 37.5 Å². The third-order valence-electron chi connectivity index (χ3n) is 4.60. The number of rotatable bonds is 4. The zero-order valence-corrected chi connectivity index (χ0v) is 15.3. The van der Waals surface area contributed by atoms with Crippen molar-refractivity contribution in [2.75, 3.05) is 5.32 Å². The molecule has 0 saturated carbocycles. The van der Waals surface area contributed by atoms with Gasteiger partial charge < -0.3 is 10.3 Å². The first-order valence-corrected chi connectivity index (χ1v) is 8.71. The fraction of sp³-hybridized carbons (Fsp3) is 0.150. The maximum atomic E-state index is 11.4. The third kappa shape index (κ3) is 2.99. The summed E-state index contributed by atoms with van der Waals surface area (Å²) in [6.45, 7) is 3.37. The fourth-order valence-electron chi connectivity index (χ4n) is 3.25. The second kappa shape index (κ2) is 6.96. The zero-order valence-electron chi connectivity index (χ0n) is 15.3. The number of carbonyl (C=O) groups is 1. The monoisotopic (exact) mass is 371 g/mol. The number of carbonyl (C=O) groups excluding carboxylic acids is 1. The molecule has 3 heterocycles. The van der Waals surface area contributed by atoms with Crippen LogP contribution in [0.15, 0.2) is 49.2 Å². The highest BCUT2D eigenvalue weighted by Crippen LogP contribution is 2.29. The van der Waals surface area contributed by atoms with Gasteiger partial charge in [0.2, 0.25) is 5.91 Å². The number of nitrogens with zero attached hydrogens (tertiary/aromatic N) is 5. The molecule has 0 radical (unpaired) electrons. The Hall–Kier alpha value is -3.99. The number of H-pyrrole nitrogens is 1. The summed E-state index contributed by atoms with van der Waals surface area (Å²) in [5, 5.41) is 17.7. The minimum atomic E-state index is -0.220. The van der Waals surface area contributed by atoms with Gasteiger partial charge in [0.1, 0.15) is 18.0 Å². The van der Waals surface area contributed by atoms with Gasteiger partial charge in [-0.15, -0.1) is 0 Å². The van der Waals surface area contributed by atoms with E-state index < -0.39 is 0 Å². The van der Waals surface area contributed by atoms with Gasteiger partial charge in [-0.2, -0.15) is 10.4 Å². The van der Waals surface area contributed by atoms with Crippen molar-refractivity contribution in [2.24, 2.45) is 0 Å². The van der Waals surface area contributed by atoms with E-state index in [0.717, 1.165) is 27.9 Å². The van der Waals surface area contributed by atoms with Crippen molar-refractivity contribution in [2.45, 2.75) is 19.9 Å². The van der Waals surface area contributed by atoms with Crippen LogP contribution in [0, 0.1) is 11.3 Å². The van der Waals surface area contributed by atoms with Crippen LogP contribution in [-0.2, 0) is 4.79 Å². The van der Waals surface area contributed by atoms with Crippen LogP contribution in [-0.4, -0.2) is 30.6 Å². The van der Waals surface area contributed by atoms with Crippen LogP contribution in [0.1, 0.15) is 31.0 Å². The molecule has 0 spiro atoms. The van der Waals surface area contributed by atoms with Crippen molar-refractivity contribution in [3.8, 4) is 17.3 Å². The molecule has 0 aliphatic rings. The van der Waals surface area contributed by atoms with Crippen molar-refractivity contribution >= 4 is 22.6 Å². The number of benzene rings is 1. The predicted molar refractivity (Wildman–Crippen MR) is 104 cm³/mol. The van der Waals surface area contributed by atoms with Crippen molar-refractivity contribution in [3.63, 3.8) is 0 Å². The van der Waals surface area contributed by atoms with Crippen LogP contribution in [0.4, 0.5) is 5.69 Å². The molecule has 1 atom stereocenters. The second-order valence-electron chi connectivity index (χ2n) is 6.41. The number of hydrogen-bond acceptors (Lipinski definition) is 5. The zero-order chi connectivity index (χ0) is 19.7. The summed E-state index contributed by atoms with van der Waals surface area (Å²) in [5.41, 5.74) is 4.11. The Balaban J connectivity index is 1.73. The molecule has 0 bridgehead atoms. The van der Waals surface area contributed by atoms with E-state index in [-0.39, 0.29) is 11.9 Å². The Kier molecular flexibility index (Phi) is 4.33. The molecule has 8 nitrogen and oxygen atoms in total. The molecule has 0 saturated heterocycles. The van der Waals surface area contributed by atoms with Gasteiger partial charge >= 0.3 is 0 Å². The molecule has 0 aliphatic heterocycles. The van der Waals surface area contributed by atoms with Gasteiger partial charge in [-0.25, -0.2) is 9.97 Å². The van der Waals surface area contributed by atoms with Crippen molar-refractivity contribution < 1.29 is 4.79 Å². The van der Waals surface area contributed by atoms with Gasteiger partial charge in [0.25, 0.3) is 0 Å². The summed E-state index contributed by atoms with van der Waals surface area (Å²) in [4.78, 5) is 23.1. The molecule has 138 valence electrons. The van der Waals surface area contributed by atoms with E-state index in [1.165, 1.54) is 13.3 Å². The smallest absolute Gasteiger partial charge is 0.221 e. The number of amides is 1. The fourth-order valence-corrected chi connectivity index (χ4v) is 3.25. The number of nitriles is 1. The largest absolute Gasteiger partial charge is 0.346 e. The molecule has 28 heavy (non-hydrogen) atoms. The van der Waals surface area contributed by atoms with E-state index in [1.54, 1.807) is 16.9 Å². The number of hydrogen-bond donors (Lipinski definition) is 2.